The van der Waals surface area contributed by atoms with E-state index in [4.69, 9.17) is 4.74 Å². The molecule has 46 valence electrons. The van der Waals surface area contributed by atoms with E-state index in [1.165, 1.54) is 0 Å². The summed E-state index contributed by atoms with van der Waals surface area (Å²) in [5.41, 5.74) is 0. The van der Waals surface area contributed by atoms with E-state index in [1.807, 2.05) is 6.92 Å². The maximum atomic E-state index is 10.5. The van der Waals surface area contributed by atoms with Crippen molar-refractivity contribution in [3.8, 4) is 0 Å². The number of carbonyl (C=O) groups excluding carboxylic acids is 1. The Morgan fingerprint density at radius 2 is 2.50 bits per heavy atom. The molecule has 0 aromatic carbocycles. The van der Waals surface area contributed by atoms with E-state index in [0.717, 1.165) is 6.54 Å². The Morgan fingerprint density at radius 1 is 1.88 bits per heavy atom. The third-order valence-electron chi connectivity index (χ3n) is 1.14. The molecule has 1 heterocycles. The van der Waals surface area contributed by atoms with Crippen LogP contribution in [0.1, 0.15) is 6.92 Å². The number of amides is 1. The van der Waals surface area contributed by atoms with E-state index in [1.54, 1.807) is 11.9 Å². The van der Waals surface area contributed by atoms with Gasteiger partial charge in [-0.25, -0.2) is 4.79 Å². The summed E-state index contributed by atoms with van der Waals surface area (Å²) < 4.78 is 4.76. The Labute approximate surface area is 48.2 Å². The topological polar surface area (TPSA) is 29.5 Å². The van der Waals surface area contributed by atoms with E-state index >= 15 is 0 Å². The largest absolute Gasteiger partial charge is 0.445 e. The van der Waals surface area contributed by atoms with Crippen molar-refractivity contribution in [1.29, 1.82) is 0 Å². The number of rotatable bonds is 0. The SMILES string of the molecule is C[C@@H]1CN(C)C(=O)O1. The summed E-state index contributed by atoms with van der Waals surface area (Å²) in [5, 5.41) is 0. The average molecular weight is 115 g/mol. The van der Waals surface area contributed by atoms with E-state index < -0.39 is 0 Å². The lowest BCUT2D eigenvalue weighted by atomic mass is 10.4. The zero-order chi connectivity index (χ0) is 6.15. The van der Waals surface area contributed by atoms with Gasteiger partial charge < -0.3 is 9.64 Å². The van der Waals surface area contributed by atoms with Gasteiger partial charge in [-0.2, -0.15) is 0 Å². The van der Waals surface area contributed by atoms with Crippen LogP contribution in [0.3, 0.4) is 0 Å². The number of likely N-dealkylation sites (N-methyl/N-ethyl adjacent to an activating group) is 1. The van der Waals surface area contributed by atoms with Crippen molar-refractivity contribution in [2.75, 3.05) is 13.6 Å². The summed E-state index contributed by atoms with van der Waals surface area (Å²) in [6, 6.07) is 0. The van der Waals surface area contributed by atoms with Crippen LogP contribution in [0.4, 0.5) is 4.79 Å². The summed E-state index contributed by atoms with van der Waals surface area (Å²) in [6.07, 6.45) is -0.134. The molecule has 0 spiro atoms. The Morgan fingerprint density at radius 3 is 2.62 bits per heavy atom. The lowest BCUT2D eigenvalue weighted by Gasteiger charge is -1.99. The van der Waals surface area contributed by atoms with Gasteiger partial charge in [-0.3, -0.25) is 0 Å². The monoisotopic (exact) mass is 115 g/mol. The van der Waals surface area contributed by atoms with Crippen LogP contribution in [0.5, 0.6) is 0 Å². The maximum absolute atomic E-state index is 10.5. The Kier molecular flexibility index (Phi) is 1.12. The van der Waals surface area contributed by atoms with Crippen molar-refractivity contribution < 1.29 is 9.53 Å². The molecule has 1 aliphatic rings. The van der Waals surface area contributed by atoms with E-state index in [9.17, 15) is 4.79 Å². The molecular weight excluding hydrogens is 106 g/mol. The fourth-order valence-electron chi connectivity index (χ4n) is 0.760. The van der Waals surface area contributed by atoms with Gasteiger partial charge in [-0.15, -0.1) is 0 Å². The lowest BCUT2D eigenvalue weighted by Crippen LogP contribution is -2.18. The van der Waals surface area contributed by atoms with Crippen LogP contribution in [0, 0.1) is 0 Å². The molecule has 1 fully saturated rings. The summed E-state index contributed by atoms with van der Waals surface area (Å²) in [5.74, 6) is 0. The van der Waals surface area contributed by atoms with Crippen LogP contribution in [-0.2, 0) is 4.74 Å². The number of ether oxygens (including phenoxy) is 1. The van der Waals surface area contributed by atoms with E-state index in [2.05, 4.69) is 0 Å². The van der Waals surface area contributed by atoms with Crippen LogP contribution in [-0.4, -0.2) is 30.7 Å². The summed E-state index contributed by atoms with van der Waals surface area (Å²) >= 11 is 0. The van der Waals surface area contributed by atoms with Gasteiger partial charge >= 0.3 is 6.09 Å². The van der Waals surface area contributed by atoms with Gasteiger partial charge in [-0.1, -0.05) is 0 Å². The number of hydrogen-bond acceptors (Lipinski definition) is 2. The van der Waals surface area contributed by atoms with E-state index in [0.29, 0.717) is 0 Å². The van der Waals surface area contributed by atoms with Crippen molar-refractivity contribution in [2.45, 2.75) is 13.0 Å². The van der Waals surface area contributed by atoms with Crippen molar-refractivity contribution >= 4 is 6.09 Å². The molecule has 1 atom stereocenters. The number of cyclic esters (lactones) is 1. The highest BCUT2D eigenvalue weighted by Crippen LogP contribution is 2.06. The van der Waals surface area contributed by atoms with Crippen molar-refractivity contribution in [3.63, 3.8) is 0 Å². The smallest absolute Gasteiger partial charge is 0.409 e. The van der Waals surface area contributed by atoms with Gasteiger partial charge in [0.25, 0.3) is 0 Å². The zero-order valence-corrected chi connectivity index (χ0v) is 5.05. The molecule has 0 aliphatic carbocycles. The fourth-order valence-corrected chi connectivity index (χ4v) is 0.760. The molecule has 1 amide bonds. The average Bonchev–Trinajstić information content (AvgIpc) is 1.85. The highest BCUT2D eigenvalue weighted by molar-refractivity contribution is 5.69. The van der Waals surface area contributed by atoms with Gasteiger partial charge in [0.15, 0.2) is 0 Å². The maximum Gasteiger partial charge on any atom is 0.409 e. The molecule has 0 unspecified atom stereocenters. The minimum atomic E-state index is -0.211. The molecule has 0 N–H and O–H groups in total. The van der Waals surface area contributed by atoms with Gasteiger partial charge in [0.2, 0.25) is 0 Å². The Bertz CT molecular complexity index is 113. The molecule has 8 heavy (non-hydrogen) atoms. The molecule has 0 saturated carbocycles. The van der Waals surface area contributed by atoms with Gasteiger partial charge in [-0.05, 0) is 6.92 Å². The highest BCUT2D eigenvalue weighted by atomic mass is 16.6. The number of hydrogen-bond donors (Lipinski definition) is 0. The van der Waals surface area contributed by atoms with Crippen molar-refractivity contribution in [2.24, 2.45) is 0 Å². The van der Waals surface area contributed by atoms with Crippen LogP contribution in [0.25, 0.3) is 0 Å². The molecule has 1 rings (SSSR count). The van der Waals surface area contributed by atoms with Gasteiger partial charge in [0, 0.05) is 7.05 Å². The molecule has 1 saturated heterocycles. The predicted molar refractivity (Wildman–Crippen MR) is 28.6 cm³/mol. The van der Waals surface area contributed by atoms with Crippen LogP contribution in [0.2, 0.25) is 0 Å². The number of carbonyl (C=O) groups is 1. The zero-order valence-electron chi connectivity index (χ0n) is 5.05. The molecule has 0 aromatic heterocycles. The molecule has 0 aromatic rings. The second-order valence-electron chi connectivity index (χ2n) is 2.07. The molecular formula is C5H9NO2. The van der Waals surface area contributed by atoms with Gasteiger partial charge in [0.1, 0.15) is 6.10 Å². The first kappa shape index (κ1) is 5.41. The molecule has 3 nitrogen and oxygen atoms in total. The quantitative estimate of drug-likeness (QED) is 0.459. The first-order chi connectivity index (χ1) is 3.70. The molecule has 0 bridgehead atoms. The number of nitrogens with zero attached hydrogens (tertiary/aromatic N) is 1. The van der Waals surface area contributed by atoms with Crippen molar-refractivity contribution in [3.05, 3.63) is 0 Å². The Balaban J connectivity index is 2.51. The Hall–Kier alpha value is -0.730. The normalized spacial score (nSPS) is 28.5. The first-order valence-corrected chi connectivity index (χ1v) is 2.62. The lowest BCUT2D eigenvalue weighted by molar-refractivity contribution is 0.141. The van der Waals surface area contributed by atoms with Gasteiger partial charge in [0.05, 0.1) is 6.54 Å². The third-order valence-corrected chi connectivity index (χ3v) is 1.14. The predicted octanol–water partition coefficient (Wildman–Crippen LogP) is 0.457. The van der Waals surface area contributed by atoms with Crippen LogP contribution < -0.4 is 0 Å². The summed E-state index contributed by atoms with van der Waals surface area (Å²) in [7, 11) is 1.73. The van der Waals surface area contributed by atoms with Crippen LogP contribution >= 0.6 is 0 Å². The standard InChI is InChI=1S/C5H9NO2/c1-4-3-6(2)5(7)8-4/h4H,3H2,1-2H3/t4-/m1/s1. The minimum absolute atomic E-state index is 0.0764. The second kappa shape index (κ2) is 1.65. The highest BCUT2D eigenvalue weighted by Gasteiger charge is 2.23. The second-order valence-corrected chi connectivity index (χ2v) is 2.07. The molecule has 3 heteroatoms. The minimum Gasteiger partial charge on any atom is -0.445 e. The summed E-state index contributed by atoms with van der Waals surface area (Å²) in [4.78, 5) is 12.0. The molecule has 0 radical (unpaired) electrons. The van der Waals surface area contributed by atoms with Crippen LogP contribution in [0.15, 0.2) is 0 Å². The summed E-state index contributed by atoms with van der Waals surface area (Å²) in [6.45, 7) is 2.60. The molecule has 1 aliphatic heterocycles. The fraction of sp³-hybridized carbons (Fsp3) is 0.800. The first-order valence-electron chi connectivity index (χ1n) is 2.62. The van der Waals surface area contributed by atoms with Crippen molar-refractivity contribution in [1.82, 2.24) is 4.90 Å². The van der Waals surface area contributed by atoms with E-state index in [-0.39, 0.29) is 12.2 Å². The third kappa shape index (κ3) is 0.757.